The van der Waals surface area contributed by atoms with Crippen LogP contribution >= 0.6 is 0 Å². The molecule has 0 aliphatic carbocycles. The van der Waals surface area contributed by atoms with Crippen LogP contribution < -0.4 is 9.47 Å². The molecule has 23 heavy (non-hydrogen) atoms. The number of nitro benzene ring substituents is 1. The monoisotopic (exact) mass is 315 g/mol. The lowest BCUT2D eigenvalue weighted by Gasteiger charge is -2.08. The Bertz CT molecular complexity index is 709. The Balaban J connectivity index is 2.10. The molecule has 6 nitrogen and oxygen atoms in total. The quantitative estimate of drug-likeness (QED) is 0.444. The number of benzene rings is 2. The van der Waals surface area contributed by atoms with Gasteiger partial charge in [0.25, 0.3) is 0 Å². The molecular weight excluding hydrogens is 298 g/mol. The molecule has 0 aliphatic rings. The lowest BCUT2D eigenvalue weighted by Crippen LogP contribution is -2.12. The van der Waals surface area contributed by atoms with Crippen LogP contribution in [-0.2, 0) is 6.42 Å². The number of hydrogen-bond acceptors (Lipinski definition) is 5. The van der Waals surface area contributed by atoms with Gasteiger partial charge in [0.15, 0.2) is 18.1 Å². The van der Waals surface area contributed by atoms with Crippen LogP contribution in [0.4, 0.5) is 5.69 Å². The highest BCUT2D eigenvalue weighted by Crippen LogP contribution is 2.31. The first-order valence-corrected chi connectivity index (χ1v) is 7.12. The molecule has 0 radical (unpaired) electrons. The van der Waals surface area contributed by atoms with Gasteiger partial charge in [0.05, 0.1) is 18.1 Å². The average Bonchev–Trinajstić information content (AvgIpc) is 2.59. The van der Waals surface area contributed by atoms with Crippen molar-refractivity contribution in [3.05, 3.63) is 63.7 Å². The van der Waals surface area contributed by atoms with E-state index in [1.54, 1.807) is 18.2 Å². The molecule has 0 heterocycles. The zero-order valence-electron chi connectivity index (χ0n) is 12.9. The molecule has 0 saturated heterocycles. The molecule has 0 bridgehead atoms. The first kappa shape index (κ1) is 16.5. The second kappa shape index (κ2) is 7.40. The standard InChI is InChI=1S/C17H17NO5/c1-3-12-4-6-13(7-5-12)16(19)11-23-17-9-8-14(22-2)10-15(17)18(20)21/h4-10H,3,11H2,1-2H3. The molecule has 0 saturated carbocycles. The molecule has 0 N–H and O–H groups in total. The fraction of sp³-hybridized carbons (Fsp3) is 0.235. The highest BCUT2D eigenvalue weighted by molar-refractivity contribution is 5.97. The van der Waals surface area contributed by atoms with Crippen LogP contribution in [0.2, 0.25) is 0 Å². The number of nitro groups is 1. The van der Waals surface area contributed by atoms with Crippen LogP contribution in [0.25, 0.3) is 0 Å². The fourth-order valence-corrected chi connectivity index (χ4v) is 2.04. The second-order valence-corrected chi connectivity index (χ2v) is 4.85. The number of hydrogen-bond donors (Lipinski definition) is 0. The predicted molar refractivity (Wildman–Crippen MR) is 85.3 cm³/mol. The molecule has 2 aromatic carbocycles. The van der Waals surface area contributed by atoms with Crippen LogP contribution in [-0.4, -0.2) is 24.4 Å². The molecular formula is C17H17NO5. The summed E-state index contributed by atoms with van der Waals surface area (Å²) in [6.07, 6.45) is 0.892. The minimum atomic E-state index is -0.571. The Morgan fingerprint density at radius 2 is 1.87 bits per heavy atom. The summed E-state index contributed by atoms with van der Waals surface area (Å²) < 4.78 is 10.3. The number of nitrogens with zero attached hydrogens (tertiary/aromatic N) is 1. The van der Waals surface area contributed by atoms with Crippen molar-refractivity contribution in [2.75, 3.05) is 13.7 Å². The van der Waals surface area contributed by atoms with Crippen molar-refractivity contribution < 1.29 is 19.2 Å². The SMILES string of the molecule is CCc1ccc(C(=O)COc2ccc(OC)cc2[N+](=O)[O-])cc1. The van der Waals surface area contributed by atoms with Gasteiger partial charge >= 0.3 is 5.69 Å². The van der Waals surface area contributed by atoms with Gasteiger partial charge in [0, 0.05) is 5.56 Å². The van der Waals surface area contributed by atoms with Crippen molar-refractivity contribution in [1.29, 1.82) is 0 Å². The van der Waals surface area contributed by atoms with E-state index in [9.17, 15) is 14.9 Å². The molecule has 2 aromatic rings. The van der Waals surface area contributed by atoms with E-state index in [0.29, 0.717) is 11.3 Å². The molecule has 0 aliphatic heterocycles. The van der Waals surface area contributed by atoms with Gasteiger partial charge in [-0.25, -0.2) is 0 Å². The minimum absolute atomic E-state index is 0.0364. The highest BCUT2D eigenvalue weighted by atomic mass is 16.6. The van der Waals surface area contributed by atoms with E-state index in [-0.39, 0.29) is 23.8 Å². The molecule has 2 rings (SSSR count). The first-order chi connectivity index (χ1) is 11.0. The molecule has 0 unspecified atom stereocenters. The Morgan fingerprint density at radius 3 is 2.43 bits per heavy atom. The summed E-state index contributed by atoms with van der Waals surface area (Å²) in [5.74, 6) is 0.151. The van der Waals surface area contributed by atoms with Gasteiger partial charge in [-0.15, -0.1) is 0 Å². The van der Waals surface area contributed by atoms with Crippen LogP contribution in [0.3, 0.4) is 0 Å². The first-order valence-electron chi connectivity index (χ1n) is 7.12. The van der Waals surface area contributed by atoms with Crippen LogP contribution in [0.5, 0.6) is 11.5 Å². The van der Waals surface area contributed by atoms with Gasteiger partial charge in [0.2, 0.25) is 0 Å². The van der Waals surface area contributed by atoms with Crippen molar-refractivity contribution in [3.8, 4) is 11.5 Å². The number of carbonyl (C=O) groups is 1. The summed E-state index contributed by atoms with van der Waals surface area (Å²) in [4.78, 5) is 22.6. The second-order valence-electron chi connectivity index (χ2n) is 4.85. The van der Waals surface area contributed by atoms with E-state index >= 15 is 0 Å². The zero-order valence-corrected chi connectivity index (χ0v) is 12.9. The van der Waals surface area contributed by atoms with Gasteiger partial charge in [-0.3, -0.25) is 14.9 Å². The molecule has 0 atom stereocenters. The molecule has 0 amide bonds. The van der Waals surface area contributed by atoms with Crippen molar-refractivity contribution in [2.45, 2.75) is 13.3 Å². The third-order valence-corrected chi connectivity index (χ3v) is 3.41. The van der Waals surface area contributed by atoms with Crippen molar-refractivity contribution in [3.63, 3.8) is 0 Å². The van der Waals surface area contributed by atoms with Gasteiger partial charge in [-0.2, -0.15) is 0 Å². The zero-order chi connectivity index (χ0) is 16.8. The predicted octanol–water partition coefficient (Wildman–Crippen LogP) is 3.43. The van der Waals surface area contributed by atoms with Crippen molar-refractivity contribution in [1.82, 2.24) is 0 Å². The average molecular weight is 315 g/mol. The summed E-state index contributed by atoms with van der Waals surface area (Å²) in [6.45, 7) is 1.77. The smallest absolute Gasteiger partial charge is 0.314 e. The number of rotatable bonds is 7. The number of ether oxygens (including phenoxy) is 2. The van der Waals surface area contributed by atoms with Crippen molar-refractivity contribution in [2.24, 2.45) is 0 Å². The highest BCUT2D eigenvalue weighted by Gasteiger charge is 2.18. The fourth-order valence-electron chi connectivity index (χ4n) is 2.04. The van der Waals surface area contributed by atoms with E-state index in [2.05, 4.69) is 0 Å². The van der Waals surface area contributed by atoms with E-state index in [4.69, 9.17) is 9.47 Å². The lowest BCUT2D eigenvalue weighted by molar-refractivity contribution is -0.385. The third-order valence-electron chi connectivity index (χ3n) is 3.41. The Labute approximate surface area is 133 Å². The van der Waals surface area contributed by atoms with Gasteiger partial charge in [0.1, 0.15) is 5.75 Å². The van der Waals surface area contributed by atoms with E-state index in [1.807, 2.05) is 19.1 Å². The molecule has 0 spiro atoms. The van der Waals surface area contributed by atoms with Gasteiger partial charge < -0.3 is 9.47 Å². The number of carbonyl (C=O) groups excluding carboxylic acids is 1. The van der Waals surface area contributed by atoms with Crippen LogP contribution in [0, 0.1) is 10.1 Å². The molecule has 120 valence electrons. The summed E-state index contributed by atoms with van der Waals surface area (Å²) in [5.41, 5.74) is 1.41. The summed E-state index contributed by atoms with van der Waals surface area (Å²) in [6, 6.07) is 11.4. The molecule has 0 aromatic heterocycles. The Kier molecular flexibility index (Phi) is 5.30. The Hall–Kier alpha value is -2.89. The number of aryl methyl sites for hydroxylation is 1. The summed E-state index contributed by atoms with van der Waals surface area (Å²) >= 11 is 0. The largest absolute Gasteiger partial charge is 0.496 e. The number of ketones is 1. The maximum absolute atomic E-state index is 12.1. The number of Topliss-reactive ketones (excluding diaryl/α,β-unsaturated/α-hetero) is 1. The minimum Gasteiger partial charge on any atom is -0.496 e. The third kappa shape index (κ3) is 4.06. The van der Waals surface area contributed by atoms with E-state index in [1.165, 1.54) is 19.2 Å². The van der Waals surface area contributed by atoms with Crippen LogP contribution in [0.1, 0.15) is 22.8 Å². The van der Waals surface area contributed by atoms with Gasteiger partial charge in [-0.05, 0) is 24.1 Å². The Morgan fingerprint density at radius 1 is 1.17 bits per heavy atom. The van der Waals surface area contributed by atoms with E-state index < -0.39 is 4.92 Å². The summed E-state index contributed by atoms with van der Waals surface area (Å²) in [7, 11) is 1.42. The van der Waals surface area contributed by atoms with Crippen LogP contribution in [0.15, 0.2) is 42.5 Å². The van der Waals surface area contributed by atoms with E-state index in [0.717, 1.165) is 12.0 Å². The molecule has 0 fully saturated rings. The number of methoxy groups -OCH3 is 1. The molecule has 6 heteroatoms. The maximum Gasteiger partial charge on any atom is 0.314 e. The maximum atomic E-state index is 12.1. The normalized spacial score (nSPS) is 10.2. The topological polar surface area (TPSA) is 78.7 Å². The lowest BCUT2D eigenvalue weighted by atomic mass is 10.1. The van der Waals surface area contributed by atoms with Gasteiger partial charge in [-0.1, -0.05) is 31.2 Å². The summed E-state index contributed by atoms with van der Waals surface area (Å²) in [5, 5.41) is 11.1. The van der Waals surface area contributed by atoms with Crippen molar-refractivity contribution >= 4 is 11.5 Å².